The maximum absolute atomic E-state index is 11.1. The summed E-state index contributed by atoms with van der Waals surface area (Å²) in [7, 11) is 0. The number of likely N-dealkylation sites (tertiary alicyclic amines) is 1. The molecule has 1 aromatic rings. The van der Waals surface area contributed by atoms with Crippen LogP contribution in [0.5, 0.6) is 0 Å². The average molecular weight is 306 g/mol. The largest absolute Gasteiger partial charge is 0.465 e. The van der Waals surface area contributed by atoms with Crippen LogP contribution in [0.25, 0.3) is 0 Å². The SMILES string of the molecule is O=C(O)N1CC(O)CC1C(O)c1ccc(Cl)c(Cl)c1. The molecule has 1 heterocycles. The van der Waals surface area contributed by atoms with Crippen LogP contribution in [-0.4, -0.2) is 45.0 Å². The fraction of sp³-hybridized carbons (Fsp3) is 0.417. The van der Waals surface area contributed by atoms with E-state index in [0.29, 0.717) is 15.6 Å². The lowest BCUT2D eigenvalue weighted by molar-refractivity contribution is 0.0677. The molecular formula is C12H13Cl2NO4. The Kier molecular flexibility index (Phi) is 4.20. The van der Waals surface area contributed by atoms with Gasteiger partial charge in [-0.1, -0.05) is 29.3 Å². The summed E-state index contributed by atoms with van der Waals surface area (Å²) in [6, 6.07) is 3.94. The minimum Gasteiger partial charge on any atom is -0.465 e. The second kappa shape index (κ2) is 5.54. The van der Waals surface area contributed by atoms with Gasteiger partial charge < -0.3 is 15.3 Å². The molecule has 3 unspecified atom stereocenters. The molecule has 0 aliphatic carbocycles. The number of amides is 1. The molecule has 3 atom stereocenters. The Hall–Kier alpha value is -1.01. The minimum absolute atomic E-state index is 0.00161. The van der Waals surface area contributed by atoms with E-state index in [0.717, 1.165) is 4.90 Å². The number of nitrogens with zero attached hydrogens (tertiary/aromatic N) is 1. The zero-order chi connectivity index (χ0) is 14.2. The number of carbonyl (C=O) groups is 1. The lowest BCUT2D eigenvalue weighted by Gasteiger charge is -2.26. The van der Waals surface area contributed by atoms with Gasteiger partial charge in [-0.05, 0) is 24.1 Å². The summed E-state index contributed by atoms with van der Waals surface area (Å²) in [5.74, 6) is 0. The fourth-order valence-corrected chi connectivity index (χ4v) is 2.59. The molecule has 2 rings (SSSR count). The highest BCUT2D eigenvalue weighted by molar-refractivity contribution is 6.42. The van der Waals surface area contributed by atoms with Gasteiger partial charge in [0.05, 0.1) is 34.8 Å². The van der Waals surface area contributed by atoms with Gasteiger partial charge >= 0.3 is 6.09 Å². The zero-order valence-corrected chi connectivity index (χ0v) is 11.3. The summed E-state index contributed by atoms with van der Waals surface area (Å²) >= 11 is 11.7. The number of hydrogen-bond donors (Lipinski definition) is 3. The average Bonchev–Trinajstić information content (AvgIpc) is 2.74. The molecule has 0 bridgehead atoms. The lowest BCUT2D eigenvalue weighted by Crippen LogP contribution is -2.38. The number of rotatable bonds is 2. The second-order valence-corrected chi connectivity index (χ2v) is 5.32. The molecule has 0 spiro atoms. The normalized spacial score (nSPS) is 24.5. The van der Waals surface area contributed by atoms with Gasteiger partial charge in [-0.2, -0.15) is 0 Å². The van der Waals surface area contributed by atoms with Crippen molar-refractivity contribution < 1.29 is 20.1 Å². The first-order valence-electron chi connectivity index (χ1n) is 5.70. The fourth-order valence-electron chi connectivity index (χ4n) is 2.28. The van der Waals surface area contributed by atoms with E-state index in [1.807, 2.05) is 0 Å². The van der Waals surface area contributed by atoms with Gasteiger partial charge in [0.15, 0.2) is 0 Å². The van der Waals surface area contributed by atoms with Gasteiger partial charge in [-0.25, -0.2) is 4.79 Å². The van der Waals surface area contributed by atoms with Crippen LogP contribution in [0.1, 0.15) is 18.1 Å². The summed E-state index contributed by atoms with van der Waals surface area (Å²) in [6.45, 7) is -0.00161. The Bertz CT molecular complexity index is 497. The second-order valence-electron chi connectivity index (χ2n) is 4.51. The van der Waals surface area contributed by atoms with Crippen LogP contribution in [0.15, 0.2) is 18.2 Å². The van der Waals surface area contributed by atoms with Crippen LogP contribution < -0.4 is 0 Å². The third kappa shape index (κ3) is 2.95. The molecule has 1 aliphatic rings. The van der Waals surface area contributed by atoms with Crippen LogP contribution >= 0.6 is 23.2 Å². The van der Waals surface area contributed by atoms with Crippen LogP contribution in [0.4, 0.5) is 4.79 Å². The van der Waals surface area contributed by atoms with Gasteiger partial charge in [0, 0.05) is 0 Å². The zero-order valence-electron chi connectivity index (χ0n) is 9.83. The Morgan fingerprint density at radius 3 is 2.63 bits per heavy atom. The minimum atomic E-state index is -1.17. The van der Waals surface area contributed by atoms with E-state index in [-0.39, 0.29) is 13.0 Å². The molecule has 3 N–H and O–H groups in total. The number of carboxylic acid groups (broad SMARTS) is 1. The van der Waals surface area contributed by atoms with Crippen LogP contribution in [-0.2, 0) is 0 Å². The number of aliphatic hydroxyl groups excluding tert-OH is 2. The van der Waals surface area contributed by atoms with E-state index in [1.165, 1.54) is 6.07 Å². The first kappa shape index (κ1) is 14.4. The molecule has 1 aromatic carbocycles. The molecule has 1 fully saturated rings. The highest BCUT2D eigenvalue weighted by atomic mass is 35.5. The van der Waals surface area contributed by atoms with Crippen molar-refractivity contribution in [1.82, 2.24) is 4.90 Å². The summed E-state index contributed by atoms with van der Waals surface area (Å²) in [5.41, 5.74) is 0.472. The van der Waals surface area contributed by atoms with E-state index in [2.05, 4.69) is 0 Å². The van der Waals surface area contributed by atoms with E-state index < -0.39 is 24.3 Å². The van der Waals surface area contributed by atoms with Crippen LogP contribution in [0.3, 0.4) is 0 Å². The number of aliphatic hydroxyl groups is 2. The quantitative estimate of drug-likeness (QED) is 0.782. The smallest absolute Gasteiger partial charge is 0.407 e. The maximum Gasteiger partial charge on any atom is 0.407 e. The predicted molar refractivity (Wildman–Crippen MR) is 70.6 cm³/mol. The van der Waals surface area contributed by atoms with Crippen molar-refractivity contribution in [2.24, 2.45) is 0 Å². The third-order valence-electron chi connectivity index (χ3n) is 3.22. The van der Waals surface area contributed by atoms with Crippen molar-refractivity contribution >= 4 is 29.3 Å². The predicted octanol–water partition coefficient (Wildman–Crippen LogP) is 2.14. The van der Waals surface area contributed by atoms with Crippen molar-refractivity contribution in [2.45, 2.75) is 24.7 Å². The van der Waals surface area contributed by atoms with Gasteiger partial charge in [0.2, 0.25) is 0 Å². The highest BCUT2D eigenvalue weighted by Crippen LogP contribution is 2.32. The highest BCUT2D eigenvalue weighted by Gasteiger charge is 2.39. The Morgan fingerprint density at radius 2 is 2.05 bits per heavy atom. The maximum atomic E-state index is 11.1. The van der Waals surface area contributed by atoms with Crippen molar-refractivity contribution in [3.05, 3.63) is 33.8 Å². The standard InChI is InChI=1S/C12H13Cl2NO4/c13-8-2-1-6(3-9(8)14)11(17)10-4-7(16)5-15(10)12(18)19/h1-3,7,10-11,16-17H,4-5H2,(H,18,19). The number of benzene rings is 1. The number of halogens is 2. The molecule has 0 saturated carbocycles. The summed E-state index contributed by atoms with van der Waals surface area (Å²) < 4.78 is 0. The first-order chi connectivity index (χ1) is 8.90. The van der Waals surface area contributed by atoms with Gasteiger partial charge in [-0.15, -0.1) is 0 Å². The van der Waals surface area contributed by atoms with Crippen molar-refractivity contribution in [3.63, 3.8) is 0 Å². The molecule has 7 heteroatoms. The number of hydrogen-bond acceptors (Lipinski definition) is 3. The molecule has 5 nitrogen and oxygen atoms in total. The molecule has 19 heavy (non-hydrogen) atoms. The van der Waals surface area contributed by atoms with E-state index >= 15 is 0 Å². The Balaban J connectivity index is 2.24. The molecule has 0 aromatic heterocycles. The van der Waals surface area contributed by atoms with Crippen molar-refractivity contribution in [3.8, 4) is 0 Å². The van der Waals surface area contributed by atoms with E-state index in [1.54, 1.807) is 12.1 Å². The first-order valence-corrected chi connectivity index (χ1v) is 6.46. The van der Waals surface area contributed by atoms with E-state index in [9.17, 15) is 15.0 Å². The molecule has 1 saturated heterocycles. The number of β-amino-alcohol motifs (C(OH)–C–C–N with tert-alkyl or cyclic N) is 1. The molecule has 1 amide bonds. The van der Waals surface area contributed by atoms with Crippen molar-refractivity contribution in [2.75, 3.05) is 6.54 Å². The third-order valence-corrected chi connectivity index (χ3v) is 3.96. The van der Waals surface area contributed by atoms with Crippen LogP contribution in [0, 0.1) is 0 Å². The van der Waals surface area contributed by atoms with Crippen LogP contribution in [0.2, 0.25) is 10.0 Å². The molecule has 104 valence electrons. The molecule has 0 radical (unpaired) electrons. The molecule has 1 aliphatic heterocycles. The van der Waals surface area contributed by atoms with Gasteiger partial charge in [-0.3, -0.25) is 4.90 Å². The van der Waals surface area contributed by atoms with E-state index in [4.69, 9.17) is 28.3 Å². The topological polar surface area (TPSA) is 81.0 Å². The Labute approximate surface area is 120 Å². The monoisotopic (exact) mass is 305 g/mol. The summed E-state index contributed by atoms with van der Waals surface area (Å²) in [6.07, 6.45) is -2.80. The van der Waals surface area contributed by atoms with Gasteiger partial charge in [0.1, 0.15) is 0 Å². The molecular weight excluding hydrogens is 293 g/mol. The lowest BCUT2D eigenvalue weighted by atomic mass is 10.00. The summed E-state index contributed by atoms with van der Waals surface area (Å²) in [4.78, 5) is 12.1. The summed E-state index contributed by atoms with van der Waals surface area (Å²) in [5, 5.41) is 29.5. The Morgan fingerprint density at radius 1 is 1.37 bits per heavy atom. The van der Waals surface area contributed by atoms with Crippen molar-refractivity contribution in [1.29, 1.82) is 0 Å². The van der Waals surface area contributed by atoms with Gasteiger partial charge in [0.25, 0.3) is 0 Å².